The van der Waals surface area contributed by atoms with Crippen LogP contribution in [0, 0.1) is 0 Å². The minimum Gasteiger partial charge on any atom is -0.487 e. The Morgan fingerprint density at radius 2 is 2.11 bits per heavy atom. The van der Waals surface area contributed by atoms with Crippen molar-refractivity contribution in [1.82, 2.24) is 14.9 Å². The second kappa shape index (κ2) is 5.36. The van der Waals surface area contributed by atoms with E-state index < -0.39 is 0 Å². The summed E-state index contributed by atoms with van der Waals surface area (Å²) in [7, 11) is 2.12. The summed E-state index contributed by atoms with van der Waals surface area (Å²) in [5, 5.41) is 0. The number of pyridine rings is 2. The fourth-order valence-electron chi connectivity index (χ4n) is 2.36. The summed E-state index contributed by atoms with van der Waals surface area (Å²) in [4.78, 5) is 10.7. The van der Waals surface area contributed by atoms with Crippen molar-refractivity contribution < 1.29 is 4.74 Å². The highest BCUT2D eigenvalue weighted by Gasteiger charge is 2.21. The summed E-state index contributed by atoms with van der Waals surface area (Å²) in [5.41, 5.74) is 2.10. The number of hydrogen-bond donors (Lipinski definition) is 0. The third-order valence-electron chi connectivity index (χ3n) is 3.36. The van der Waals surface area contributed by atoms with E-state index in [0.717, 1.165) is 36.4 Å². The van der Waals surface area contributed by atoms with E-state index in [1.807, 2.05) is 30.6 Å². The fraction of sp³-hybridized carbons (Fsp3) is 0.333. The van der Waals surface area contributed by atoms with E-state index in [4.69, 9.17) is 4.74 Å². The molecule has 3 heterocycles. The summed E-state index contributed by atoms with van der Waals surface area (Å²) in [6.07, 6.45) is 8.57. The lowest BCUT2D eigenvalue weighted by atomic mass is 10.1. The summed E-state index contributed by atoms with van der Waals surface area (Å²) < 4.78 is 5.98. The molecular weight excluding hydrogens is 238 g/mol. The first-order valence-corrected chi connectivity index (χ1v) is 6.52. The maximum absolute atomic E-state index is 5.98. The van der Waals surface area contributed by atoms with Gasteiger partial charge in [0, 0.05) is 42.8 Å². The number of likely N-dealkylation sites (N-methyl/N-ethyl adjacent to an activating group) is 1. The van der Waals surface area contributed by atoms with Crippen LogP contribution in [0.2, 0.25) is 0 Å². The first kappa shape index (κ1) is 12.1. The van der Waals surface area contributed by atoms with Crippen molar-refractivity contribution in [2.75, 3.05) is 20.1 Å². The van der Waals surface area contributed by atoms with Crippen molar-refractivity contribution in [3.05, 3.63) is 43.0 Å². The predicted molar refractivity (Wildman–Crippen MR) is 74.0 cm³/mol. The predicted octanol–water partition coefficient (Wildman–Crippen LogP) is 2.23. The molecule has 0 N–H and O–H groups in total. The quantitative estimate of drug-likeness (QED) is 0.843. The maximum Gasteiger partial charge on any atom is 0.138 e. The maximum atomic E-state index is 5.98. The number of likely N-dealkylation sites (tertiary alicyclic amines) is 1. The highest BCUT2D eigenvalue weighted by atomic mass is 16.5. The molecule has 0 bridgehead atoms. The Bertz CT molecular complexity index is 544. The molecule has 0 spiro atoms. The van der Waals surface area contributed by atoms with E-state index in [2.05, 4.69) is 21.9 Å². The molecule has 1 fully saturated rings. The number of ether oxygens (including phenoxy) is 1. The van der Waals surface area contributed by atoms with Gasteiger partial charge < -0.3 is 9.64 Å². The van der Waals surface area contributed by atoms with E-state index in [-0.39, 0.29) is 6.10 Å². The molecule has 4 nitrogen and oxygen atoms in total. The first-order valence-electron chi connectivity index (χ1n) is 6.52. The zero-order valence-electron chi connectivity index (χ0n) is 11.0. The van der Waals surface area contributed by atoms with Gasteiger partial charge in [0.25, 0.3) is 0 Å². The second-order valence-electron chi connectivity index (χ2n) is 4.94. The zero-order valence-corrected chi connectivity index (χ0v) is 11.0. The number of rotatable bonds is 3. The van der Waals surface area contributed by atoms with Gasteiger partial charge >= 0.3 is 0 Å². The highest BCUT2D eigenvalue weighted by molar-refractivity contribution is 5.62. The Balaban J connectivity index is 1.77. The molecule has 98 valence electrons. The Morgan fingerprint density at radius 1 is 1.21 bits per heavy atom. The normalized spacial score (nSPS) is 19.5. The van der Waals surface area contributed by atoms with Crippen LogP contribution in [-0.4, -0.2) is 41.1 Å². The highest BCUT2D eigenvalue weighted by Crippen LogP contribution is 2.23. The minimum absolute atomic E-state index is 0.274. The molecule has 2 aromatic heterocycles. The summed E-state index contributed by atoms with van der Waals surface area (Å²) in [6, 6.07) is 5.98. The molecule has 0 aromatic carbocycles. The van der Waals surface area contributed by atoms with Crippen molar-refractivity contribution in [2.45, 2.75) is 12.5 Å². The monoisotopic (exact) mass is 255 g/mol. The largest absolute Gasteiger partial charge is 0.487 e. The molecular formula is C15H17N3O. The average Bonchev–Trinajstić information content (AvgIpc) is 2.85. The van der Waals surface area contributed by atoms with Crippen molar-refractivity contribution in [3.63, 3.8) is 0 Å². The molecule has 1 aliphatic heterocycles. The lowest BCUT2D eigenvalue weighted by molar-refractivity contribution is 0.207. The van der Waals surface area contributed by atoms with E-state index in [0.29, 0.717) is 0 Å². The van der Waals surface area contributed by atoms with Crippen LogP contribution in [0.5, 0.6) is 5.75 Å². The molecule has 2 aromatic rings. The topological polar surface area (TPSA) is 38.2 Å². The third kappa shape index (κ3) is 2.90. The number of aromatic nitrogens is 2. The molecule has 0 radical (unpaired) electrons. The summed E-state index contributed by atoms with van der Waals surface area (Å²) >= 11 is 0. The standard InChI is InChI=1S/C15H17N3O/c1-18-6-4-14(11-18)19-15-7-13(9-17-10-15)12-3-2-5-16-8-12/h2-3,5,7-10,14H,4,6,11H2,1H3/t14-/m0/s1. The van der Waals surface area contributed by atoms with Crippen LogP contribution in [0.1, 0.15) is 6.42 Å². The SMILES string of the molecule is CN1CC[C@H](Oc2cncc(-c3cccnc3)c2)C1. The van der Waals surface area contributed by atoms with Crippen molar-refractivity contribution in [1.29, 1.82) is 0 Å². The van der Waals surface area contributed by atoms with Crippen LogP contribution in [0.15, 0.2) is 43.0 Å². The number of nitrogens with zero attached hydrogens (tertiary/aromatic N) is 3. The van der Waals surface area contributed by atoms with Gasteiger partial charge in [-0.15, -0.1) is 0 Å². The van der Waals surface area contributed by atoms with Gasteiger partial charge in [0.15, 0.2) is 0 Å². The molecule has 1 saturated heterocycles. The van der Waals surface area contributed by atoms with Gasteiger partial charge in [-0.25, -0.2) is 0 Å². The fourth-order valence-corrected chi connectivity index (χ4v) is 2.36. The molecule has 19 heavy (non-hydrogen) atoms. The van der Waals surface area contributed by atoms with Crippen molar-refractivity contribution in [2.24, 2.45) is 0 Å². The third-order valence-corrected chi connectivity index (χ3v) is 3.36. The van der Waals surface area contributed by atoms with Gasteiger partial charge in [0.05, 0.1) is 6.20 Å². The number of hydrogen-bond acceptors (Lipinski definition) is 4. The molecule has 1 atom stereocenters. The molecule has 0 aliphatic carbocycles. The zero-order chi connectivity index (χ0) is 13.1. The Labute approximate surface area is 113 Å². The van der Waals surface area contributed by atoms with Gasteiger partial charge in [0.2, 0.25) is 0 Å². The molecule has 0 unspecified atom stereocenters. The van der Waals surface area contributed by atoms with E-state index in [1.165, 1.54) is 0 Å². The van der Waals surface area contributed by atoms with E-state index in [9.17, 15) is 0 Å². The van der Waals surface area contributed by atoms with Crippen LogP contribution < -0.4 is 4.74 Å². The Kier molecular flexibility index (Phi) is 3.42. The van der Waals surface area contributed by atoms with Crippen LogP contribution >= 0.6 is 0 Å². The van der Waals surface area contributed by atoms with Crippen LogP contribution in [0.4, 0.5) is 0 Å². The van der Waals surface area contributed by atoms with Gasteiger partial charge in [-0.2, -0.15) is 0 Å². The van der Waals surface area contributed by atoms with Gasteiger partial charge in [-0.05, 0) is 25.6 Å². The first-order chi connectivity index (χ1) is 9.31. The minimum atomic E-state index is 0.274. The molecule has 4 heteroatoms. The summed E-state index contributed by atoms with van der Waals surface area (Å²) in [5.74, 6) is 0.835. The average molecular weight is 255 g/mol. The molecule has 1 aliphatic rings. The van der Waals surface area contributed by atoms with Gasteiger partial charge in [0.1, 0.15) is 11.9 Å². The summed E-state index contributed by atoms with van der Waals surface area (Å²) in [6.45, 7) is 2.08. The molecule has 0 saturated carbocycles. The van der Waals surface area contributed by atoms with Crippen molar-refractivity contribution >= 4 is 0 Å². The molecule has 0 amide bonds. The Morgan fingerprint density at radius 3 is 2.84 bits per heavy atom. The molecule has 3 rings (SSSR count). The van der Waals surface area contributed by atoms with Crippen molar-refractivity contribution in [3.8, 4) is 16.9 Å². The van der Waals surface area contributed by atoms with Gasteiger partial charge in [-0.3, -0.25) is 9.97 Å². The lowest BCUT2D eigenvalue weighted by Crippen LogP contribution is -2.21. The second-order valence-corrected chi connectivity index (χ2v) is 4.94. The van der Waals surface area contributed by atoms with E-state index in [1.54, 1.807) is 12.4 Å². The van der Waals surface area contributed by atoms with Gasteiger partial charge in [-0.1, -0.05) is 6.07 Å². The van der Waals surface area contributed by atoms with Crippen LogP contribution in [0.3, 0.4) is 0 Å². The van der Waals surface area contributed by atoms with Crippen LogP contribution in [-0.2, 0) is 0 Å². The smallest absolute Gasteiger partial charge is 0.138 e. The Hall–Kier alpha value is -1.94. The lowest BCUT2D eigenvalue weighted by Gasteiger charge is -2.14. The van der Waals surface area contributed by atoms with E-state index >= 15 is 0 Å². The van der Waals surface area contributed by atoms with Crippen LogP contribution in [0.25, 0.3) is 11.1 Å².